The predicted molar refractivity (Wildman–Crippen MR) is 98.8 cm³/mol. The molecule has 0 unspecified atom stereocenters. The van der Waals surface area contributed by atoms with Gasteiger partial charge in [-0.25, -0.2) is 0 Å². The van der Waals surface area contributed by atoms with Crippen molar-refractivity contribution in [1.29, 1.82) is 0 Å². The van der Waals surface area contributed by atoms with Gasteiger partial charge in [-0.1, -0.05) is 48.6 Å². The number of hydrogen-bond donors (Lipinski definition) is 0. The van der Waals surface area contributed by atoms with Crippen LogP contribution in [0.1, 0.15) is 17.8 Å². The number of nitrogens with zero attached hydrogens (tertiary/aromatic N) is 4. The average Bonchev–Trinajstić information content (AvgIpc) is 3.18. The molecular weight excluding hydrogens is 340 g/mol. The number of aromatic nitrogens is 4. The number of hydrogen-bond acceptors (Lipinski definition) is 6. The molecule has 0 atom stereocenters. The van der Waals surface area contributed by atoms with Gasteiger partial charge in [-0.2, -0.15) is 21.4 Å². The monoisotopic (exact) mass is 356 g/mol. The second-order valence-corrected chi connectivity index (χ2v) is 7.56. The van der Waals surface area contributed by atoms with Crippen LogP contribution in [0, 0.1) is 0 Å². The smallest absolute Gasteiger partial charge is 0.234 e. The van der Waals surface area contributed by atoms with E-state index in [-0.39, 0.29) is 0 Å². The SMILES string of the molecule is CCSCc1nnc2sc(COc3ccc4ccccc4c3)nn12. The van der Waals surface area contributed by atoms with Crippen LogP contribution in [0.3, 0.4) is 0 Å². The summed E-state index contributed by atoms with van der Waals surface area (Å²) >= 11 is 3.33. The summed E-state index contributed by atoms with van der Waals surface area (Å²) in [5, 5.41) is 16.2. The molecular formula is C17H16N4OS2. The van der Waals surface area contributed by atoms with Crippen LogP contribution in [0.4, 0.5) is 0 Å². The fourth-order valence-corrected chi connectivity index (χ4v) is 3.77. The number of benzene rings is 2. The van der Waals surface area contributed by atoms with Crippen LogP contribution >= 0.6 is 23.1 Å². The molecule has 0 radical (unpaired) electrons. The van der Waals surface area contributed by atoms with E-state index < -0.39 is 0 Å². The summed E-state index contributed by atoms with van der Waals surface area (Å²) in [6.07, 6.45) is 0. The predicted octanol–water partition coefficient (Wildman–Crippen LogP) is 4.17. The molecule has 0 aliphatic carbocycles. The molecule has 5 nitrogen and oxygen atoms in total. The lowest BCUT2D eigenvalue weighted by molar-refractivity contribution is 0.304. The van der Waals surface area contributed by atoms with Gasteiger partial charge in [0.2, 0.25) is 4.96 Å². The molecule has 4 aromatic rings. The van der Waals surface area contributed by atoms with Gasteiger partial charge < -0.3 is 4.74 Å². The van der Waals surface area contributed by atoms with Gasteiger partial charge in [0.15, 0.2) is 10.8 Å². The van der Waals surface area contributed by atoms with Crippen LogP contribution in [0.15, 0.2) is 42.5 Å². The highest BCUT2D eigenvalue weighted by atomic mass is 32.2. The third kappa shape index (κ3) is 3.09. The molecule has 0 aliphatic rings. The van der Waals surface area contributed by atoms with E-state index in [9.17, 15) is 0 Å². The van der Waals surface area contributed by atoms with E-state index in [0.29, 0.717) is 6.61 Å². The second-order valence-electron chi connectivity index (χ2n) is 5.24. The van der Waals surface area contributed by atoms with Gasteiger partial charge >= 0.3 is 0 Å². The molecule has 0 fully saturated rings. The van der Waals surface area contributed by atoms with Crippen LogP contribution in [0.2, 0.25) is 0 Å². The Morgan fingerprint density at radius 3 is 2.88 bits per heavy atom. The molecule has 0 bridgehead atoms. The Bertz CT molecular complexity index is 979. The first-order chi connectivity index (χ1) is 11.8. The van der Waals surface area contributed by atoms with E-state index in [1.807, 2.05) is 34.5 Å². The van der Waals surface area contributed by atoms with Gasteiger partial charge in [0.05, 0.1) is 5.75 Å². The molecule has 2 aromatic carbocycles. The first-order valence-corrected chi connectivity index (χ1v) is 9.70. The van der Waals surface area contributed by atoms with Crippen molar-refractivity contribution in [1.82, 2.24) is 19.8 Å². The Hall–Kier alpha value is -2.12. The van der Waals surface area contributed by atoms with E-state index in [1.165, 1.54) is 22.1 Å². The number of rotatable bonds is 6. The van der Waals surface area contributed by atoms with Gasteiger partial charge in [0.25, 0.3) is 0 Å². The van der Waals surface area contributed by atoms with Gasteiger partial charge in [0, 0.05) is 0 Å². The first-order valence-electron chi connectivity index (χ1n) is 7.73. The Morgan fingerprint density at radius 2 is 2.00 bits per heavy atom. The minimum Gasteiger partial charge on any atom is -0.486 e. The molecule has 0 amide bonds. The maximum absolute atomic E-state index is 5.90. The summed E-state index contributed by atoms with van der Waals surface area (Å²) in [5.41, 5.74) is 0. The molecule has 0 saturated carbocycles. The zero-order valence-electron chi connectivity index (χ0n) is 13.2. The standard InChI is InChI=1S/C17H16N4OS2/c1-2-23-11-15-18-19-17-21(15)20-16(24-17)10-22-14-8-7-12-5-3-4-6-13(12)9-14/h3-9H,2,10-11H2,1H3. The second kappa shape index (κ2) is 6.78. The quantitative estimate of drug-likeness (QED) is 0.519. The van der Waals surface area contributed by atoms with Crippen molar-refractivity contribution in [2.75, 3.05) is 5.75 Å². The lowest BCUT2D eigenvalue weighted by Gasteiger charge is -2.05. The van der Waals surface area contributed by atoms with E-state index in [1.54, 1.807) is 0 Å². The maximum Gasteiger partial charge on any atom is 0.234 e. The molecule has 0 N–H and O–H groups in total. The van der Waals surface area contributed by atoms with Gasteiger partial charge in [-0.05, 0) is 28.7 Å². The average molecular weight is 356 g/mol. The Balaban J connectivity index is 1.50. The third-order valence-corrected chi connectivity index (χ3v) is 5.36. The molecule has 0 aliphatic heterocycles. The Labute approximate surface area is 147 Å². The highest BCUT2D eigenvalue weighted by molar-refractivity contribution is 7.98. The van der Waals surface area contributed by atoms with Gasteiger partial charge in [0.1, 0.15) is 12.4 Å². The molecule has 24 heavy (non-hydrogen) atoms. The largest absolute Gasteiger partial charge is 0.486 e. The summed E-state index contributed by atoms with van der Waals surface area (Å²) in [4.78, 5) is 0.818. The van der Waals surface area contributed by atoms with Crippen LogP contribution < -0.4 is 4.74 Å². The van der Waals surface area contributed by atoms with Gasteiger partial charge in [-0.15, -0.1) is 10.2 Å². The Morgan fingerprint density at radius 1 is 1.12 bits per heavy atom. The lowest BCUT2D eigenvalue weighted by atomic mass is 10.1. The van der Waals surface area contributed by atoms with E-state index >= 15 is 0 Å². The van der Waals surface area contributed by atoms with Crippen LogP contribution in [0.5, 0.6) is 5.75 Å². The fourth-order valence-electron chi connectivity index (χ4n) is 2.44. The molecule has 7 heteroatoms. The van der Waals surface area contributed by atoms with Crippen molar-refractivity contribution >= 4 is 38.8 Å². The minimum atomic E-state index is 0.437. The van der Waals surface area contributed by atoms with E-state index in [0.717, 1.165) is 33.0 Å². The Kier molecular flexibility index (Phi) is 4.36. The van der Waals surface area contributed by atoms with Crippen molar-refractivity contribution in [3.8, 4) is 5.75 Å². The normalized spacial score (nSPS) is 11.4. The number of fused-ring (bicyclic) bond motifs is 2. The first kappa shape index (κ1) is 15.4. The molecule has 2 aromatic heterocycles. The minimum absolute atomic E-state index is 0.437. The van der Waals surface area contributed by atoms with E-state index in [4.69, 9.17) is 4.74 Å². The highest BCUT2D eigenvalue weighted by Crippen LogP contribution is 2.23. The molecule has 122 valence electrons. The van der Waals surface area contributed by atoms with Crippen molar-refractivity contribution in [2.24, 2.45) is 0 Å². The summed E-state index contributed by atoms with van der Waals surface area (Å²) in [6, 6.07) is 14.4. The topological polar surface area (TPSA) is 52.3 Å². The van der Waals surface area contributed by atoms with Crippen LogP contribution in [0.25, 0.3) is 15.7 Å². The van der Waals surface area contributed by atoms with Crippen molar-refractivity contribution in [3.05, 3.63) is 53.3 Å². The number of thioether (sulfide) groups is 1. The summed E-state index contributed by atoms with van der Waals surface area (Å²) in [6.45, 7) is 2.57. The summed E-state index contributed by atoms with van der Waals surface area (Å²) < 4.78 is 7.73. The van der Waals surface area contributed by atoms with Crippen molar-refractivity contribution in [2.45, 2.75) is 19.3 Å². The van der Waals surface area contributed by atoms with Crippen molar-refractivity contribution in [3.63, 3.8) is 0 Å². The lowest BCUT2D eigenvalue weighted by Crippen LogP contribution is -1.98. The van der Waals surface area contributed by atoms with Crippen molar-refractivity contribution < 1.29 is 4.74 Å². The third-order valence-electron chi connectivity index (χ3n) is 3.62. The van der Waals surface area contributed by atoms with Crippen LogP contribution in [-0.2, 0) is 12.4 Å². The van der Waals surface area contributed by atoms with Crippen LogP contribution in [-0.4, -0.2) is 25.6 Å². The van der Waals surface area contributed by atoms with Gasteiger partial charge in [-0.3, -0.25) is 0 Å². The zero-order chi connectivity index (χ0) is 16.4. The molecule has 4 rings (SSSR count). The number of ether oxygens (including phenoxy) is 1. The summed E-state index contributed by atoms with van der Waals surface area (Å²) in [7, 11) is 0. The zero-order valence-corrected chi connectivity index (χ0v) is 14.8. The highest BCUT2D eigenvalue weighted by Gasteiger charge is 2.12. The molecule has 0 spiro atoms. The van der Waals surface area contributed by atoms with E-state index in [2.05, 4.69) is 46.5 Å². The fraction of sp³-hybridized carbons (Fsp3) is 0.235. The molecule has 0 saturated heterocycles. The summed E-state index contributed by atoms with van der Waals surface area (Å²) in [5.74, 6) is 3.62. The molecule has 2 heterocycles. The maximum atomic E-state index is 5.90.